The number of rotatable bonds is 18. The zero-order chi connectivity index (χ0) is 18.7. The Morgan fingerprint density at radius 2 is 1.27 bits per heavy atom. The molecule has 0 aliphatic heterocycles. The standard InChI is InChI=1S/C24H41O2/c1-2-3-4-5-6-7-8-9-10-11-12-14-18-23(25)19-17-22-26-24-20-15-13-16-21-24/h15-16,20-21,23,25H,2-12,14,17-19,22H2,1H3. The Morgan fingerprint density at radius 3 is 1.85 bits per heavy atom. The first-order valence-corrected chi connectivity index (χ1v) is 11.1. The van der Waals surface area contributed by atoms with Crippen molar-refractivity contribution in [2.75, 3.05) is 6.61 Å². The molecule has 0 fully saturated rings. The van der Waals surface area contributed by atoms with Crippen molar-refractivity contribution in [3.8, 4) is 5.75 Å². The number of hydrogen-bond donors (Lipinski definition) is 1. The molecule has 0 bridgehead atoms. The van der Waals surface area contributed by atoms with Crippen LogP contribution in [-0.4, -0.2) is 17.8 Å². The molecule has 0 aliphatic carbocycles. The van der Waals surface area contributed by atoms with Gasteiger partial charge in [0.1, 0.15) is 5.75 Å². The average molecular weight is 362 g/mol. The molecule has 1 aromatic carbocycles. The molecule has 0 saturated carbocycles. The number of aliphatic hydroxyl groups is 1. The van der Waals surface area contributed by atoms with Crippen molar-refractivity contribution in [2.24, 2.45) is 0 Å². The molecule has 1 unspecified atom stereocenters. The summed E-state index contributed by atoms with van der Waals surface area (Å²) >= 11 is 0. The monoisotopic (exact) mass is 361 g/mol. The van der Waals surface area contributed by atoms with Gasteiger partial charge in [0.05, 0.1) is 12.7 Å². The lowest BCUT2D eigenvalue weighted by Gasteiger charge is -2.11. The molecule has 2 heteroatoms. The molecule has 0 aromatic heterocycles. The zero-order valence-corrected chi connectivity index (χ0v) is 17.1. The summed E-state index contributed by atoms with van der Waals surface area (Å²) in [6, 6.07) is 10.5. The average Bonchev–Trinajstić information content (AvgIpc) is 2.67. The highest BCUT2D eigenvalue weighted by Gasteiger charge is 2.04. The molecule has 26 heavy (non-hydrogen) atoms. The summed E-state index contributed by atoms with van der Waals surface area (Å²) < 4.78 is 5.64. The van der Waals surface area contributed by atoms with Gasteiger partial charge < -0.3 is 9.84 Å². The van der Waals surface area contributed by atoms with Gasteiger partial charge in [-0.25, -0.2) is 0 Å². The van der Waals surface area contributed by atoms with Gasteiger partial charge in [0.15, 0.2) is 0 Å². The van der Waals surface area contributed by atoms with Gasteiger partial charge in [-0.05, 0) is 37.5 Å². The highest BCUT2D eigenvalue weighted by Crippen LogP contribution is 2.14. The number of aliphatic hydroxyl groups excluding tert-OH is 1. The third kappa shape index (κ3) is 14.2. The van der Waals surface area contributed by atoms with Crippen LogP contribution in [0.3, 0.4) is 0 Å². The summed E-state index contributed by atoms with van der Waals surface area (Å²) in [6.45, 7) is 2.96. The van der Waals surface area contributed by atoms with Gasteiger partial charge in [0.25, 0.3) is 0 Å². The third-order valence-electron chi connectivity index (χ3n) is 5.03. The number of unbranched alkanes of at least 4 members (excludes halogenated alkanes) is 11. The first-order valence-electron chi connectivity index (χ1n) is 11.1. The van der Waals surface area contributed by atoms with Crippen LogP contribution >= 0.6 is 0 Å². The lowest BCUT2D eigenvalue weighted by atomic mass is 10.0. The van der Waals surface area contributed by atoms with Crippen molar-refractivity contribution in [2.45, 2.75) is 109 Å². The summed E-state index contributed by atoms with van der Waals surface area (Å²) in [5.74, 6) is 0.888. The molecule has 1 radical (unpaired) electrons. The van der Waals surface area contributed by atoms with E-state index in [1.807, 2.05) is 24.3 Å². The Bertz CT molecular complexity index is 390. The minimum Gasteiger partial charge on any atom is -0.494 e. The van der Waals surface area contributed by atoms with Gasteiger partial charge in [-0.3, -0.25) is 0 Å². The molecule has 1 atom stereocenters. The Kier molecular flexibility index (Phi) is 15.4. The van der Waals surface area contributed by atoms with E-state index in [0.717, 1.165) is 31.4 Å². The molecule has 0 amide bonds. The minimum absolute atomic E-state index is 0.161. The van der Waals surface area contributed by atoms with Crippen molar-refractivity contribution in [3.05, 3.63) is 30.3 Å². The maximum atomic E-state index is 10.0. The van der Waals surface area contributed by atoms with Gasteiger partial charge in [0, 0.05) is 0 Å². The SMILES string of the molecule is CCCCCCCCCCCCCCC(O)CCCOc1cc[c]cc1. The molecule has 0 spiro atoms. The molecule has 149 valence electrons. The molecule has 0 heterocycles. The van der Waals surface area contributed by atoms with Gasteiger partial charge in [-0.2, -0.15) is 0 Å². The fraction of sp³-hybridized carbons (Fsp3) is 0.750. The van der Waals surface area contributed by atoms with Crippen LogP contribution in [0.4, 0.5) is 0 Å². The van der Waals surface area contributed by atoms with Crippen LogP contribution in [0.1, 0.15) is 103 Å². The Hall–Kier alpha value is -1.02. The maximum Gasteiger partial charge on any atom is 0.119 e. The second-order valence-electron chi connectivity index (χ2n) is 7.56. The predicted octanol–water partition coefficient (Wildman–Crippen LogP) is 7.10. The van der Waals surface area contributed by atoms with E-state index in [0.29, 0.717) is 6.61 Å². The van der Waals surface area contributed by atoms with Crippen LogP contribution in [-0.2, 0) is 0 Å². The van der Waals surface area contributed by atoms with Gasteiger partial charge in [-0.1, -0.05) is 96.1 Å². The smallest absolute Gasteiger partial charge is 0.119 e. The van der Waals surface area contributed by atoms with Crippen molar-refractivity contribution >= 4 is 0 Å². The first-order chi connectivity index (χ1) is 12.8. The molecule has 1 aromatic rings. The van der Waals surface area contributed by atoms with E-state index in [1.165, 1.54) is 70.6 Å². The van der Waals surface area contributed by atoms with Crippen molar-refractivity contribution in [1.82, 2.24) is 0 Å². The van der Waals surface area contributed by atoms with Crippen LogP contribution in [0.5, 0.6) is 5.75 Å². The largest absolute Gasteiger partial charge is 0.494 e. The lowest BCUT2D eigenvalue weighted by Crippen LogP contribution is -2.09. The van der Waals surface area contributed by atoms with Crippen LogP contribution in [0, 0.1) is 6.07 Å². The van der Waals surface area contributed by atoms with Crippen molar-refractivity contribution in [3.63, 3.8) is 0 Å². The molecule has 0 saturated heterocycles. The van der Waals surface area contributed by atoms with E-state index in [-0.39, 0.29) is 6.10 Å². The highest BCUT2D eigenvalue weighted by molar-refractivity contribution is 5.20. The summed E-state index contributed by atoms with van der Waals surface area (Å²) in [5.41, 5.74) is 0. The molecular weight excluding hydrogens is 320 g/mol. The van der Waals surface area contributed by atoms with E-state index in [9.17, 15) is 5.11 Å². The Labute approximate surface area is 162 Å². The van der Waals surface area contributed by atoms with Crippen molar-refractivity contribution < 1.29 is 9.84 Å². The maximum absolute atomic E-state index is 10.0. The first kappa shape index (κ1) is 23.0. The van der Waals surface area contributed by atoms with E-state index in [2.05, 4.69) is 13.0 Å². The van der Waals surface area contributed by atoms with E-state index in [4.69, 9.17) is 4.74 Å². The number of ether oxygens (including phenoxy) is 1. The molecule has 1 N–H and O–H groups in total. The zero-order valence-electron chi connectivity index (χ0n) is 17.1. The number of hydrogen-bond acceptors (Lipinski definition) is 2. The van der Waals surface area contributed by atoms with Crippen LogP contribution < -0.4 is 4.74 Å². The van der Waals surface area contributed by atoms with E-state index >= 15 is 0 Å². The van der Waals surface area contributed by atoms with Crippen LogP contribution in [0.15, 0.2) is 24.3 Å². The highest BCUT2D eigenvalue weighted by atomic mass is 16.5. The van der Waals surface area contributed by atoms with Crippen LogP contribution in [0.2, 0.25) is 0 Å². The summed E-state index contributed by atoms with van der Waals surface area (Å²) in [7, 11) is 0. The Morgan fingerprint density at radius 1 is 0.769 bits per heavy atom. The van der Waals surface area contributed by atoms with Gasteiger partial charge >= 0.3 is 0 Å². The lowest BCUT2D eigenvalue weighted by molar-refractivity contribution is 0.140. The summed E-state index contributed by atoms with van der Waals surface area (Å²) in [4.78, 5) is 0. The fourth-order valence-corrected chi connectivity index (χ4v) is 3.34. The molecule has 0 aliphatic rings. The summed E-state index contributed by atoms with van der Waals surface area (Å²) in [6.07, 6.45) is 18.9. The molecular formula is C24H41O2. The van der Waals surface area contributed by atoms with E-state index < -0.39 is 0 Å². The Balaban J connectivity index is 1.78. The second kappa shape index (κ2) is 17.4. The number of benzene rings is 1. The molecule has 1 rings (SSSR count). The van der Waals surface area contributed by atoms with Crippen LogP contribution in [0.25, 0.3) is 0 Å². The topological polar surface area (TPSA) is 29.5 Å². The predicted molar refractivity (Wildman–Crippen MR) is 112 cm³/mol. The normalized spacial score (nSPS) is 12.2. The third-order valence-corrected chi connectivity index (χ3v) is 5.03. The van der Waals surface area contributed by atoms with Gasteiger partial charge in [0.2, 0.25) is 0 Å². The fourth-order valence-electron chi connectivity index (χ4n) is 3.34. The van der Waals surface area contributed by atoms with Gasteiger partial charge in [-0.15, -0.1) is 0 Å². The molecule has 2 nitrogen and oxygen atoms in total. The summed E-state index contributed by atoms with van der Waals surface area (Å²) in [5, 5.41) is 10.0. The van der Waals surface area contributed by atoms with E-state index in [1.54, 1.807) is 0 Å². The minimum atomic E-state index is -0.161. The second-order valence-corrected chi connectivity index (χ2v) is 7.56. The van der Waals surface area contributed by atoms with Crippen molar-refractivity contribution in [1.29, 1.82) is 0 Å². The quantitative estimate of drug-likeness (QED) is 0.283.